The molecular weight excluding hydrogens is 387 g/mol. The summed E-state index contributed by atoms with van der Waals surface area (Å²) in [7, 11) is 1.66. The standard InChI is InChI=1S/C19H18Cl2N4O2/c1-12(19(27)23-14-8-6-13(10-22)7-9-14)25(2)11-17(26)24-18-15(20)4-3-5-16(18)21/h3-9,12H,11H2,1-2H3,(H,23,27)(H,24,26)/t12-/m0/s1. The van der Waals surface area contributed by atoms with Crippen molar-refractivity contribution in [3.05, 3.63) is 58.1 Å². The Balaban J connectivity index is 1.93. The number of nitrogens with zero attached hydrogens (tertiary/aromatic N) is 2. The zero-order valence-electron chi connectivity index (χ0n) is 14.8. The van der Waals surface area contributed by atoms with Crippen molar-refractivity contribution >= 4 is 46.4 Å². The number of halogens is 2. The second-order valence-corrected chi connectivity index (χ2v) is 6.73. The summed E-state index contributed by atoms with van der Waals surface area (Å²) in [6, 6.07) is 12.9. The van der Waals surface area contributed by atoms with E-state index < -0.39 is 6.04 Å². The van der Waals surface area contributed by atoms with Crippen LogP contribution >= 0.6 is 23.2 Å². The highest BCUT2D eigenvalue weighted by Gasteiger charge is 2.21. The van der Waals surface area contributed by atoms with Crippen LogP contribution in [0.25, 0.3) is 0 Å². The molecule has 2 amide bonds. The molecule has 2 rings (SSSR count). The summed E-state index contributed by atoms with van der Waals surface area (Å²) in [6.45, 7) is 1.66. The number of carbonyl (C=O) groups excluding carboxylic acids is 2. The van der Waals surface area contributed by atoms with Gasteiger partial charge in [-0.1, -0.05) is 29.3 Å². The first-order chi connectivity index (χ1) is 12.8. The quantitative estimate of drug-likeness (QED) is 0.767. The second-order valence-electron chi connectivity index (χ2n) is 5.91. The van der Waals surface area contributed by atoms with Crippen LogP contribution in [0.4, 0.5) is 11.4 Å². The van der Waals surface area contributed by atoms with Gasteiger partial charge in [-0.15, -0.1) is 0 Å². The van der Waals surface area contributed by atoms with E-state index in [1.54, 1.807) is 61.3 Å². The highest BCUT2D eigenvalue weighted by molar-refractivity contribution is 6.39. The van der Waals surface area contributed by atoms with Crippen molar-refractivity contribution in [2.24, 2.45) is 0 Å². The van der Waals surface area contributed by atoms with Crippen LogP contribution in [0.3, 0.4) is 0 Å². The zero-order chi connectivity index (χ0) is 20.0. The molecule has 2 N–H and O–H groups in total. The summed E-state index contributed by atoms with van der Waals surface area (Å²) in [6.07, 6.45) is 0. The van der Waals surface area contributed by atoms with Gasteiger partial charge in [-0.3, -0.25) is 14.5 Å². The fourth-order valence-electron chi connectivity index (χ4n) is 2.23. The first kappa shape index (κ1) is 20.7. The van der Waals surface area contributed by atoms with E-state index in [1.165, 1.54) is 0 Å². The summed E-state index contributed by atoms with van der Waals surface area (Å²) in [4.78, 5) is 26.2. The Morgan fingerprint density at radius 1 is 1.11 bits per heavy atom. The Labute approximate surface area is 167 Å². The molecule has 1 atom stereocenters. The number of carbonyl (C=O) groups is 2. The van der Waals surface area contributed by atoms with Crippen molar-refractivity contribution in [2.45, 2.75) is 13.0 Å². The molecule has 140 valence electrons. The summed E-state index contributed by atoms with van der Waals surface area (Å²) < 4.78 is 0. The second kappa shape index (κ2) is 9.38. The first-order valence-electron chi connectivity index (χ1n) is 8.07. The lowest BCUT2D eigenvalue weighted by molar-refractivity contribution is -0.122. The van der Waals surface area contributed by atoms with Crippen LogP contribution in [-0.2, 0) is 9.59 Å². The van der Waals surface area contributed by atoms with E-state index in [2.05, 4.69) is 10.6 Å². The molecule has 0 aliphatic carbocycles. The summed E-state index contributed by atoms with van der Waals surface area (Å²) in [5.74, 6) is -0.615. The van der Waals surface area contributed by atoms with Crippen LogP contribution in [0.5, 0.6) is 0 Å². The predicted octanol–water partition coefficient (Wildman–Crippen LogP) is 3.76. The molecule has 0 unspecified atom stereocenters. The minimum absolute atomic E-state index is 0.0243. The maximum atomic E-state index is 12.4. The molecule has 0 aliphatic rings. The fraction of sp³-hybridized carbons (Fsp3) is 0.211. The zero-order valence-corrected chi connectivity index (χ0v) is 16.3. The van der Waals surface area contributed by atoms with E-state index in [0.717, 1.165) is 0 Å². The SMILES string of the molecule is C[C@@H](C(=O)Nc1ccc(C#N)cc1)N(C)CC(=O)Nc1c(Cl)cccc1Cl. The van der Waals surface area contributed by atoms with Crippen molar-refractivity contribution < 1.29 is 9.59 Å². The van der Waals surface area contributed by atoms with Crippen LogP contribution in [-0.4, -0.2) is 36.3 Å². The van der Waals surface area contributed by atoms with Gasteiger partial charge in [0.1, 0.15) is 0 Å². The number of nitriles is 1. The lowest BCUT2D eigenvalue weighted by Crippen LogP contribution is -2.43. The third kappa shape index (κ3) is 5.69. The molecule has 0 radical (unpaired) electrons. The predicted molar refractivity (Wildman–Crippen MR) is 107 cm³/mol. The van der Waals surface area contributed by atoms with E-state index in [9.17, 15) is 9.59 Å². The van der Waals surface area contributed by atoms with E-state index in [-0.39, 0.29) is 18.4 Å². The molecule has 0 bridgehead atoms. The molecule has 6 nitrogen and oxygen atoms in total. The molecule has 0 saturated carbocycles. The van der Waals surface area contributed by atoms with Gasteiger partial charge < -0.3 is 10.6 Å². The summed E-state index contributed by atoms with van der Waals surface area (Å²) in [5, 5.41) is 14.9. The van der Waals surface area contributed by atoms with Gasteiger partial charge in [0.2, 0.25) is 11.8 Å². The highest BCUT2D eigenvalue weighted by Crippen LogP contribution is 2.29. The van der Waals surface area contributed by atoms with Crippen LogP contribution in [0.1, 0.15) is 12.5 Å². The van der Waals surface area contributed by atoms with Gasteiger partial charge in [0, 0.05) is 5.69 Å². The van der Waals surface area contributed by atoms with Crippen LogP contribution in [0.15, 0.2) is 42.5 Å². The van der Waals surface area contributed by atoms with Crippen molar-refractivity contribution in [3.63, 3.8) is 0 Å². The molecule has 2 aromatic rings. The highest BCUT2D eigenvalue weighted by atomic mass is 35.5. The average molecular weight is 405 g/mol. The molecule has 0 spiro atoms. The molecular formula is C19H18Cl2N4O2. The normalized spacial score (nSPS) is 11.6. The summed E-state index contributed by atoms with van der Waals surface area (Å²) in [5.41, 5.74) is 1.42. The number of benzene rings is 2. The molecule has 27 heavy (non-hydrogen) atoms. The Kier molecular flexibility index (Phi) is 7.19. The van der Waals surface area contributed by atoms with Crippen molar-refractivity contribution in [3.8, 4) is 6.07 Å². The maximum absolute atomic E-state index is 12.4. The molecule has 0 saturated heterocycles. The number of hydrogen-bond donors (Lipinski definition) is 2. The minimum atomic E-state index is -0.562. The smallest absolute Gasteiger partial charge is 0.241 e. The van der Waals surface area contributed by atoms with E-state index in [1.807, 2.05) is 6.07 Å². The molecule has 0 heterocycles. The number of para-hydroxylation sites is 1. The fourth-order valence-corrected chi connectivity index (χ4v) is 2.73. The van der Waals surface area contributed by atoms with Gasteiger partial charge in [-0.25, -0.2) is 0 Å². The lowest BCUT2D eigenvalue weighted by Gasteiger charge is -2.23. The largest absolute Gasteiger partial charge is 0.325 e. The topological polar surface area (TPSA) is 85.2 Å². The van der Waals surface area contributed by atoms with E-state index in [4.69, 9.17) is 28.5 Å². The van der Waals surface area contributed by atoms with Crippen LogP contribution < -0.4 is 10.6 Å². The number of nitrogens with one attached hydrogen (secondary N) is 2. The third-order valence-electron chi connectivity index (χ3n) is 3.94. The molecule has 0 aromatic heterocycles. The summed E-state index contributed by atoms with van der Waals surface area (Å²) >= 11 is 12.1. The van der Waals surface area contributed by atoms with E-state index >= 15 is 0 Å². The molecule has 2 aromatic carbocycles. The van der Waals surface area contributed by atoms with Crippen molar-refractivity contribution in [2.75, 3.05) is 24.2 Å². The molecule has 0 fully saturated rings. The lowest BCUT2D eigenvalue weighted by atomic mass is 10.2. The maximum Gasteiger partial charge on any atom is 0.241 e. The van der Waals surface area contributed by atoms with Gasteiger partial charge >= 0.3 is 0 Å². The average Bonchev–Trinajstić information content (AvgIpc) is 2.64. The minimum Gasteiger partial charge on any atom is -0.325 e. The van der Waals surface area contributed by atoms with Gasteiger partial charge in [0.25, 0.3) is 0 Å². The van der Waals surface area contributed by atoms with Crippen LogP contribution in [0, 0.1) is 11.3 Å². The number of rotatable bonds is 6. The Morgan fingerprint density at radius 3 is 2.26 bits per heavy atom. The molecule has 0 aliphatic heterocycles. The third-order valence-corrected chi connectivity index (χ3v) is 4.57. The Bertz CT molecular complexity index is 858. The molecule has 8 heteroatoms. The monoisotopic (exact) mass is 404 g/mol. The Hall–Kier alpha value is -2.59. The van der Waals surface area contributed by atoms with Gasteiger partial charge in [0.05, 0.1) is 40.0 Å². The van der Waals surface area contributed by atoms with Crippen LogP contribution in [0.2, 0.25) is 10.0 Å². The number of likely N-dealkylation sites (N-methyl/N-ethyl adjacent to an activating group) is 1. The van der Waals surface area contributed by atoms with Gasteiger partial charge in [-0.05, 0) is 50.4 Å². The first-order valence-corrected chi connectivity index (χ1v) is 8.82. The Morgan fingerprint density at radius 2 is 1.70 bits per heavy atom. The van der Waals surface area contributed by atoms with Gasteiger partial charge in [0.15, 0.2) is 0 Å². The number of amides is 2. The van der Waals surface area contributed by atoms with Crippen molar-refractivity contribution in [1.29, 1.82) is 5.26 Å². The van der Waals surface area contributed by atoms with Crippen molar-refractivity contribution in [1.82, 2.24) is 4.90 Å². The number of anilines is 2. The number of hydrogen-bond acceptors (Lipinski definition) is 4. The van der Waals surface area contributed by atoms with E-state index in [0.29, 0.717) is 27.0 Å². The van der Waals surface area contributed by atoms with Gasteiger partial charge in [-0.2, -0.15) is 5.26 Å².